The molecule has 0 N–H and O–H groups in total. The van der Waals surface area contributed by atoms with Crippen molar-refractivity contribution >= 4 is 5.91 Å². The van der Waals surface area contributed by atoms with Crippen molar-refractivity contribution in [1.82, 2.24) is 4.90 Å². The standard InChI is InChI=1S/C12H21NO2/c1-8(2)10-5-4-6-11-13(10)12(14)9(3)7-15-11/h8-11H,4-7H2,1-3H3/t9-,10-,11-/m0/s1. The van der Waals surface area contributed by atoms with Crippen LogP contribution in [0.2, 0.25) is 0 Å². The summed E-state index contributed by atoms with van der Waals surface area (Å²) < 4.78 is 5.75. The molecule has 2 saturated heterocycles. The van der Waals surface area contributed by atoms with E-state index in [4.69, 9.17) is 4.74 Å². The number of rotatable bonds is 1. The first-order chi connectivity index (χ1) is 7.11. The number of carbonyl (C=O) groups is 1. The lowest BCUT2D eigenvalue weighted by Gasteiger charge is -2.47. The molecule has 0 aliphatic carbocycles. The van der Waals surface area contributed by atoms with Crippen molar-refractivity contribution in [3.05, 3.63) is 0 Å². The van der Waals surface area contributed by atoms with Gasteiger partial charge in [-0.15, -0.1) is 0 Å². The number of piperidine rings is 1. The molecule has 3 nitrogen and oxygen atoms in total. The Labute approximate surface area is 91.8 Å². The maximum atomic E-state index is 12.1. The lowest BCUT2D eigenvalue weighted by Crippen LogP contribution is -2.58. The van der Waals surface area contributed by atoms with Gasteiger partial charge in [0, 0.05) is 6.04 Å². The molecule has 0 bridgehead atoms. The summed E-state index contributed by atoms with van der Waals surface area (Å²) >= 11 is 0. The van der Waals surface area contributed by atoms with Crippen LogP contribution in [-0.4, -0.2) is 29.7 Å². The molecule has 0 aromatic carbocycles. The summed E-state index contributed by atoms with van der Waals surface area (Å²) in [5, 5.41) is 0. The molecule has 0 aromatic heterocycles. The van der Waals surface area contributed by atoms with Crippen LogP contribution < -0.4 is 0 Å². The molecule has 2 fully saturated rings. The first kappa shape index (κ1) is 10.9. The summed E-state index contributed by atoms with van der Waals surface area (Å²) in [6, 6.07) is 0.388. The third kappa shape index (κ3) is 1.89. The summed E-state index contributed by atoms with van der Waals surface area (Å²) in [5.74, 6) is 0.871. The molecular weight excluding hydrogens is 190 g/mol. The largest absolute Gasteiger partial charge is 0.357 e. The molecule has 1 amide bonds. The third-order valence-electron chi connectivity index (χ3n) is 3.60. The lowest BCUT2D eigenvalue weighted by molar-refractivity contribution is -0.186. The highest BCUT2D eigenvalue weighted by Crippen LogP contribution is 2.32. The molecule has 0 radical (unpaired) electrons. The summed E-state index contributed by atoms with van der Waals surface area (Å²) in [6.45, 7) is 6.95. The van der Waals surface area contributed by atoms with Crippen molar-refractivity contribution in [2.45, 2.75) is 52.3 Å². The van der Waals surface area contributed by atoms with Crippen molar-refractivity contribution in [1.29, 1.82) is 0 Å². The maximum absolute atomic E-state index is 12.1. The van der Waals surface area contributed by atoms with Gasteiger partial charge >= 0.3 is 0 Å². The number of carbonyl (C=O) groups excluding carboxylic acids is 1. The Bertz CT molecular complexity index is 252. The van der Waals surface area contributed by atoms with Gasteiger partial charge in [-0.25, -0.2) is 0 Å². The molecule has 0 saturated carbocycles. The Morgan fingerprint density at radius 3 is 2.80 bits per heavy atom. The van der Waals surface area contributed by atoms with Gasteiger partial charge < -0.3 is 9.64 Å². The van der Waals surface area contributed by atoms with Gasteiger partial charge in [0.05, 0.1) is 12.5 Å². The fraction of sp³-hybridized carbons (Fsp3) is 0.917. The van der Waals surface area contributed by atoms with E-state index < -0.39 is 0 Å². The van der Waals surface area contributed by atoms with Crippen LogP contribution in [0.15, 0.2) is 0 Å². The first-order valence-corrected chi connectivity index (χ1v) is 6.05. The van der Waals surface area contributed by atoms with Crippen LogP contribution in [-0.2, 0) is 9.53 Å². The SMILES string of the molecule is CC(C)[C@@H]1CCC[C@@H]2OC[C@H](C)C(=O)N21. The smallest absolute Gasteiger partial charge is 0.230 e. The van der Waals surface area contributed by atoms with Crippen LogP contribution in [0.1, 0.15) is 40.0 Å². The zero-order chi connectivity index (χ0) is 11.0. The summed E-state index contributed by atoms with van der Waals surface area (Å²) in [4.78, 5) is 14.1. The van der Waals surface area contributed by atoms with Crippen LogP contribution >= 0.6 is 0 Å². The van der Waals surface area contributed by atoms with Gasteiger partial charge in [-0.05, 0) is 25.2 Å². The van der Waals surface area contributed by atoms with E-state index in [1.807, 2.05) is 11.8 Å². The molecule has 2 rings (SSSR count). The van der Waals surface area contributed by atoms with Gasteiger partial charge in [0.25, 0.3) is 0 Å². The molecule has 0 aromatic rings. The number of nitrogens with zero attached hydrogens (tertiary/aromatic N) is 1. The molecule has 2 aliphatic heterocycles. The van der Waals surface area contributed by atoms with E-state index in [0.29, 0.717) is 24.5 Å². The monoisotopic (exact) mass is 211 g/mol. The van der Waals surface area contributed by atoms with Crippen molar-refractivity contribution in [2.75, 3.05) is 6.61 Å². The minimum Gasteiger partial charge on any atom is -0.357 e. The molecule has 3 heteroatoms. The molecule has 3 atom stereocenters. The Balaban J connectivity index is 2.18. The second-order valence-electron chi connectivity index (χ2n) is 5.18. The van der Waals surface area contributed by atoms with Crippen LogP contribution in [0, 0.1) is 11.8 Å². The summed E-state index contributed by atoms with van der Waals surface area (Å²) in [6.07, 6.45) is 3.40. The zero-order valence-electron chi connectivity index (χ0n) is 9.90. The molecule has 0 unspecified atom stereocenters. The average Bonchev–Trinajstić information content (AvgIpc) is 2.23. The van der Waals surface area contributed by atoms with Gasteiger partial charge in [-0.3, -0.25) is 4.79 Å². The summed E-state index contributed by atoms with van der Waals surface area (Å²) in [7, 11) is 0. The Hall–Kier alpha value is -0.570. The van der Waals surface area contributed by atoms with Crippen LogP contribution in [0.25, 0.3) is 0 Å². The van der Waals surface area contributed by atoms with E-state index in [2.05, 4.69) is 13.8 Å². The van der Waals surface area contributed by atoms with Crippen LogP contribution in [0.4, 0.5) is 0 Å². The Morgan fingerprint density at radius 1 is 1.40 bits per heavy atom. The fourth-order valence-corrected chi connectivity index (χ4v) is 2.70. The number of hydrogen-bond donors (Lipinski definition) is 0. The molecule has 0 spiro atoms. The van der Waals surface area contributed by atoms with Gasteiger partial charge in [-0.2, -0.15) is 0 Å². The van der Waals surface area contributed by atoms with E-state index >= 15 is 0 Å². The highest BCUT2D eigenvalue weighted by molar-refractivity contribution is 5.79. The first-order valence-electron chi connectivity index (χ1n) is 6.05. The zero-order valence-corrected chi connectivity index (χ0v) is 9.90. The second-order valence-corrected chi connectivity index (χ2v) is 5.18. The maximum Gasteiger partial charge on any atom is 0.230 e. The number of amides is 1. The normalized spacial score (nSPS) is 36.9. The van der Waals surface area contributed by atoms with Gasteiger partial charge in [0.1, 0.15) is 6.23 Å². The van der Waals surface area contributed by atoms with E-state index in [1.54, 1.807) is 0 Å². The lowest BCUT2D eigenvalue weighted by atomic mass is 9.90. The van der Waals surface area contributed by atoms with Crippen LogP contribution in [0.3, 0.4) is 0 Å². The minimum absolute atomic E-state index is 0.0422. The number of hydrogen-bond acceptors (Lipinski definition) is 2. The topological polar surface area (TPSA) is 29.5 Å². The number of fused-ring (bicyclic) bond motifs is 1. The second kappa shape index (κ2) is 4.12. The Morgan fingerprint density at radius 2 is 2.13 bits per heavy atom. The van der Waals surface area contributed by atoms with E-state index in [-0.39, 0.29) is 12.1 Å². The quantitative estimate of drug-likeness (QED) is 0.664. The predicted octanol–water partition coefficient (Wildman–Crippen LogP) is 2.02. The fourth-order valence-electron chi connectivity index (χ4n) is 2.70. The van der Waals surface area contributed by atoms with Crippen LogP contribution in [0.5, 0.6) is 0 Å². The third-order valence-corrected chi connectivity index (χ3v) is 3.60. The molecule has 2 aliphatic rings. The van der Waals surface area contributed by atoms with Crippen molar-refractivity contribution in [3.8, 4) is 0 Å². The van der Waals surface area contributed by atoms with Gasteiger partial charge in [0.15, 0.2) is 0 Å². The Kier molecular flexibility index (Phi) is 3.01. The highest BCUT2D eigenvalue weighted by Gasteiger charge is 2.41. The van der Waals surface area contributed by atoms with Gasteiger partial charge in [0.2, 0.25) is 5.91 Å². The molecule has 86 valence electrons. The van der Waals surface area contributed by atoms with Crippen molar-refractivity contribution in [2.24, 2.45) is 11.8 Å². The average molecular weight is 211 g/mol. The molecular formula is C12H21NO2. The highest BCUT2D eigenvalue weighted by atomic mass is 16.5. The molecule has 15 heavy (non-hydrogen) atoms. The minimum atomic E-state index is 0.0422. The molecule has 2 heterocycles. The van der Waals surface area contributed by atoms with Crippen molar-refractivity contribution < 1.29 is 9.53 Å². The predicted molar refractivity (Wildman–Crippen MR) is 58.2 cm³/mol. The van der Waals surface area contributed by atoms with Gasteiger partial charge in [-0.1, -0.05) is 20.8 Å². The summed E-state index contributed by atoms with van der Waals surface area (Å²) in [5.41, 5.74) is 0. The van der Waals surface area contributed by atoms with Crippen molar-refractivity contribution in [3.63, 3.8) is 0 Å². The van der Waals surface area contributed by atoms with E-state index in [1.165, 1.54) is 6.42 Å². The van der Waals surface area contributed by atoms with E-state index in [0.717, 1.165) is 12.8 Å². The van der Waals surface area contributed by atoms with E-state index in [9.17, 15) is 4.79 Å². The number of ether oxygens (including phenoxy) is 1.